The van der Waals surface area contributed by atoms with Crippen molar-refractivity contribution in [2.75, 3.05) is 44.4 Å². The van der Waals surface area contributed by atoms with E-state index in [4.69, 9.17) is 16.3 Å². The van der Waals surface area contributed by atoms with Gasteiger partial charge in [0.25, 0.3) is 0 Å². The molecule has 2 aliphatic rings. The summed E-state index contributed by atoms with van der Waals surface area (Å²) in [6.07, 6.45) is 12.7. The average molecular weight is 616 g/mol. The van der Waals surface area contributed by atoms with E-state index >= 15 is 0 Å². The molecular weight excluding hydrogens is 566 g/mol. The second-order valence-corrected chi connectivity index (χ2v) is 11.6. The summed E-state index contributed by atoms with van der Waals surface area (Å²) in [7, 11) is 1.90. The fraction of sp³-hybridized carbons (Fsp3) is 0.529. The highest BCUT2D eigenvalue weighted by atomic mass is 35.5. The van der Waals surface area contributed by atoms with Crippen LogP contribution in [0.2, 0.25) is 5.02 Å². The molecule has 0 saturated carbocycles. The molecule has 42 heavy (non-hydrogen) atoms. The quantitative estimate of drug-likeness (QED) is 0.210. The predicted octanol–water partition coefficient (Wildman–Crippen LogP) is 8.00. The number of anilines is 1. The van der Waals surface area contributed by atoms with E-state index in [9.17, 15) is 9.59 Å². The lowest BCUT2D eigenvalue weighted by molar-refractivity contribution is -0.129. The van der Waals surface area contributed by atoms with Crippen LogP contribution < -0.4 is 14.4 Å². The highest BCUT2D eigenvalue weighted by Crippen LogP contribution is 2.38. The summed E-state index contributed by atoms with van der Waals surface area (Å²) in [6, 6.07) is 12.9. The third kappa shape index (κ3) is 10.9. The SMILES string of the molecule is CC.CCCc1cc(Cl)ccc1C1COc2ccc3cc2N(CCCC/C=C/CN(C)C(=O)CC3C)C1.CSNC=O. The first-order valence-corrected chi connectivity index (χ1v) is 16.9. The van der Waals surface area contributed by atoms with Crippen LogP contribution in [0.15, 0.2) is 48.6 Å². The first-order chi connectivity index (χ1) is 20.4. The van der Waals surface area contributed by atoms with Gasteiger partial charge in [-0.25, -0.2) is 0 Å². The van der Waals surface area contributed by atoms with Crippen molar-refractivity contribution in [2.24, 2.45) is 0 Å². The van der Waals surface area contributed by atoms with Crippen molar-refractivity contribution < 1.29 is 14.3 Å². The van der Waals surface area contributed by atoms with Crippen LogP contribution in [0.5, 0.6) is 5.75 Å². The Morgan fingerprint density at radius 2 is 1.93 bits per heavy atom. The summed E-state index contributed by atoms with van der Waals surface area (Å²) in [5, 5.41) is 0.802. The number of halogens is 1. The number of carbonyl (C=O) groups excluding carboxylic acids is 2. The molecule has 0 aromatic heterocycles. The number of benzene rings is 2. The van der Waals surface area contributed by atoms with Crippen molar-refractivity contribution in [2.45, 2.75) is 78.1 Å². The van der Waals surface area contributed by atoms with E-state index in [1.54, 1.807) is 6.26 Å². The van der Waals surface area contributed by atoms with Gasteiger partial charge in [-0.2, -0.15) is 0 Å². The molecule has 2 unspecified atom stereocenters. The van der Waals surface area contributed by atoms with Crippen molar-refractivity contribution in [1.29, 1.82) is 0 Å². The average Bonchev–Trinajstić information content (AvgIpc) is 3.17. The number of hydrogen-bond donors (Lipinski definition) is 1. The molecular formula is C34H50ClN3O3S. The third-order valence-electron chi connectivity index (χ3n) is 7.50. The number of fused-ring (bicyclic) bond motifs is 1. The Morgan fingerprint density at radius 3 is 2.62 bits per heavy atom. The highest BCUT2D eigenvalue weighted by Gasteiger charge is 2.27. The molecule has 8 heteroatoms. The molecule has 2 atom stereocenters. The number of nitrogens with zero attached hydrogens (tertiary/aromatic N) is 2. The Labute approximate surface area is 263 Å². The lowest BCUT2D eigenvalue weighted by atomic mass is 9.92. The first kappa shape index (κ1) is 35.6. The normalized spacial score (nSPS) is 19.7. The van der Waals surface area contributed by atoms with Gasteiger partial charge in [0.15, 0.2) is 0 Å². The number of amides is 2. The predicted molar refractivity (Wildman–Crippen MR) is 180 cm³/mol. The van der Waals surface area contributed by atoms with Gasteiger partial charge in [-0.05, 0) is 72.6 Å². The Hall–Kier alpha value is -2.64. The first-order valence-electron chi connectivity index (χ1n) is 15.3. The van der Waals surface area contributed by atoms with Crippen LogP contribution >= 0.6 is 23.5 Å². The molecule has 0 fully saturated rings. The van der Waals surface area contributed by atoms with Crippen molar-refractivity contribution in [3.63, 3.8) is 0 Å². The monoisotopic (exact) mass is 615 g/mol. The number of likely N-dealkylation sites (N-methyl/N-ethyl adjacent to an activating group) is 1. The van der Waals surface area contributed by atoms with Gasteiger partial charge in [-0.3, -0.25) is 9.59 Å². The molecule has 2 aliphatic heterocycles. The maximum absolute atomic E-state index is 12.8. The standard InChI is InChI=1S/C30H39ClN2O2.C2H5NOS.C2H6/c1-4-10-24-18-26(31)12-13-27(24)25-20-33-16-9-7-5-6-8-15-32(3)30(34)17-22(2)23-11-14-29(35-21-25)28(33)19-23;1-5-3-2-4;1-2/h6,8,11-14,18-19,22,25H,4-5,7,9-10,15-17,20-21H2,1-3H3;2H,1H3,(H,3,4);1-2H3/b8-6+;;. The van der Waals surface area contributed by atoms with E-state index in [1.807, 2.05) is 31.9 Å². The molecule has 0 aliphatic carbocycles. The summed E-state index contributed by atoms with van der Waals surface area (Å²) in [4.78, 5) is 26.4. The molecule has 2 heterocycles. The number of allylic oxidation sites excluding steroid dienone is 1. The van der Waals surface area contributed by atoms with Crippen LogP contribution in [-0.2, 0) is 16.0 Å². The second-order valence-electron chi connectivity index (χ2n) is 10.6. The molecule has 1 N–H and O–H groups in total. The molecule has 2 aromatic rings. The zero-order chi connectivity index (χ0) is 30.9. The molecule has 0 spiro atoms. The van der Waals surface area contributed by atoms with Crippen molar-refractivity contribution in [3.8, 4) is 5.75 Å². The van der Waals surface area contributed by atoms with E-state index in [0.717, 1.165) is 61.7 Å². The van der Waals surface area contributed by atoms with E-state index in [-0.39, 0.29) is 17.7 Å². The fourth-order valence-corrected chi connectivity index (χ4v) is 5.57. The molecule has 6 nitrogen and oxygen atoms in total. The number of hydrogen-bond acceptors (Lipinski definition) is 5. The number of carbonyl (C=O) groups is 2. The summed E-state index contributed by atoms with van der Waals surface area (Å²) in [5.41, 5.74) is 5.04. The number of aryl methyl sites for hydroxylation is 1. The van der Waals surface area contributed by atoms with Gasteiger partial charge >= 0.3 is 0 Å². The van der Waals surface area contributed by atoms with Crippen LogP contribution in [0, 0.1) is 0 Å². The molecule has 0 saturated heterocycles. The summed E-state index contributed by atoms with van der Waals surface area (Å²) >= 11 is 7.64. The summed E-state index contributed by atoms with van der Waals surface area (Å²) in [6.45, 7) is 11.6. The minimum Gasteiger partial charge on any atom is -0.491 e. The Balaban J connectivity index is 0.000000797. The van der Waals surface area contributed by atoms with E-state index < -0.39 is 0 Å². The topological polar surface area (TPSA) is 61.9 Å². The van der Waals surface area contributed by atoms with Crippen LogP contribution in [-0.4, -0.2) is 56.8 Å². The summed E-state index contributed by atoms with van der Waals surface area (Å²) in [5.74, 6) is 1.56. The van der Waals surface area contributed by atoms with Crippen LogP contribution in [0.1, 0.15) is 88.3 Å². The van der Waals surface area contributed by atoms with Gasteiger partial charge < -0.3 is 19.3 Å². The Bertz CT molecular complexity index is 1140. The number of ether oxygens (including phenoxy) is 1. The maximum Gasteiger partial charge on any atom is 0.223 e. The maximum atomic E-state index is 12.8. The Morgan fingerprint density at radius 1 is 1.14 bits per heavy atom. The lowest BCUT2D eigenvalue weighted by Gasteiger charge is -2.28. The van der Waals surface area contributed by atoms with Crippen molar-refractivity contribution >= 4 is 41.6 Å². The van der Waals surface area contributed by atoms with E-state index in [2.05, 4.69) is 66.0 Å². The van der Waals surface area contributed by atoms with Gasteiger partial charge in [-0.1, -0.05) is 81.9 Å². The van der Waals surface area contributed by atoms with Crippen LogP contribution in [0.3, 0.4) is 0 Å². The second kappa shape index (κ2) is 19.5. The number of rotatable bonds is 5. The van der Waals surface area contributed by atoms with Gasteiger partial charge in [0.1, 0.15) is 5.75 Å². The molecule has 2 aromatic carbocycles. The summed E-state index contributed by atoms with van der Waals surface area (Å²) < 4.78 is 8.79. The van der Waals surface area contributed by atoms with Gasteiger partial charge in [0.05, 0.1) is 12.3 Å². The lowest BCUT2D eigenvalue weighted by Crippen LogP contribution is -2.30. The van der Waals surface area contributed by atoms with Gasteiger partial charge in [0.2, 0.25) is 12.3 Å². The largest absolute Gasteiger partial charge is 0.491 e. The minimum absolute atomic E-state index is 0.151. The zero-order valence-electron chi connectivity index (χ0n) is 26.3. The molecule has 2 bridgehead atoms. The molecule has 4 rings (SSSR count). The van der Waals surface area contributed by atoms with Crippen molar-refractivity contribution in [1.82, 2.24) is 9.62 Å². The molecule has 232 valence electrons. The number of nitrogens with one attached hydrogen (secondary N) is 1. The zero-order valence-corrected chi connectivity index (χ0v) is 27.9. The van der Waals surface area contributed by atoms with E-state index in [1.165, 1.54) is 28.6 Å². The van der Waals surface area contributed by atoms with Crippen LogP contribution in [0.25, 0.3) is 0 Å². The fourth-order valence-electron chi connectivity index (χ4n) is 5.28. The molecule has 2 amide bonds. The molecule has 0 radical (unpaired) electrons. The highest BCUT2D eigenvalue weighted by molar-refractivity contribution is 7.97. The van der Waals surface area contributed by atoms with Crippen molar-refractivity contribution in [3.05, 3.63) is 70.3 Å². The Kier molecular flexibility index (Phi) is 16.5. The van der Waals surface area contributed by atoms with E-state index in [0.29, 0.717) is 26.0 Å². The smallest absolute Gasteiger partial charge is 0.223 e. The van der Waals surface area contributed by atoms with Gasteiger partial charge in [-0.15, -0.1) is 0 Å². The van der Waals surface area contributed by atoms with Crippen LogP contribution in [0.4, 0.5) is 5.69 Å². The van der Waals surface area contributed by atoms with Gasteiger partial charge in [0, 0.05) is 50.3 Å². The minimum atomic E-state index is 0.151. The third-order valence-corrected chi connectivity index (χ3v) is 8.07.